The van der Waals surface area contributed by atoms with Gasteiger partial charge in [-0.1, -0.05) is 74.2 Å². The van der Waals surface area contributed by atoms with Crippen LogP contribution in [-0.2, 0) is 11.3 Å². The van der Waals surface area contributed by atoms with Gasteiger partial charge in [0.2, 0.25) is 5.91 Å². The fourth-order valence-electron chi connectivity index (χ4n) is 5.47. The summed E-state index contributed by atoms with van der Waals surface area (Å²) in [5.41, 5.74) is 7.35. The molecular weight excluding hydrogens is 442 g/mol. The molecule has 6 rings (SSSR count). The van der Waals surface area contributed by atoms with Crippen LogP contribution < -0.4 is 9.80 Å². The molecule has 0 saturated heterocycles. The number of nitrogens with zero attached hydrogens (tertiary/aromatic N) is 2. The van der Waals surface area contributed by atoms with Crippen molar-refractivity contribution in [2.45, 2.75) is 20.4 Å². The number of carbonyl (C=O) groups is 1. The van der Waals surface area contributed by atoms with E-state index in [1.807, 2.05) is 36.2 Å². The fraction of sp³-hybridized carbons (Fsp3) is 0.156. The highest BCUT2D eigenvalue weighted by atomic mass is 16.2. The molecule has 1 aromatic heterocycles. The predicted octanol–water partition coefficient (Wildman–Crippen LogP) is 7.29. The Kier molecular flexibility index (Phi) is 5.37. The van der Waals surface area contributed by atoms with E-state index in [1.54, 1.807) is 0 Å². The third-order valence-corrected chi connectivity index (χ3v) is 7.43. The number of hydrogen-bond donors (Lipinski definition) is 1. The smallest absolute Gasteiger partial charge is 0.231 e. The molecule has 4 heteroatoms. The van der Waals surface area contributed by atoms with Crippen LogP contribution in [0.5, 0.6) is 0 Å². The van der Waals surface area contributed by atoms with E-state index in [0.29, 0.717) is 13.1 Å². The van der Waals surface area contributed by atoms with E-state index in [2.05, 4.69) is 90.1 Å². The van der Waals surface area contributed by atoms with Crippen molar-refractivity contribution in [3.8, 4) is 0 Å². The Morgan fingerprint density at radius 1 is 0.917 bits per heavy atom. The van der Waals surface area contributed by atoms with Gasteiger partial charge in [-0.3, -0.25) is 4.79 Å². The van der Waals surface area contributed by atoms with Gasteiger partial charge in [-0.15, -0.1) is 0 Å². The summed E-state index contributed by atoms with van der Waals surface area (Å²) in [5, 5.41) is 3.52. The lowest BCUT2D eigenvalue weighted by molar-refractivity contribution is -0.121. The molecule has 4 aromatic carbocycles. The molecule has 0 spiro atoms. The highest BCUT2D eigenvalue weighted by Gasteiger charge is 2.33. The average molecular weight is 472 g/mol. The van der Waals surface area contributed by atoms with Crippen molar-refractivity contribution in [3.05, 3.63) is 114 Å². The van der Waals surface area contributed by atoms with E-state index in [-0.39, 0.29) is 11.8 Å². The maximum atomic E-state index is 13.9. The molecule has 1 aliphatic rings. The zero-order valence-corrected chi connectivity index (χ0v) is 20.7. The average Bonchev–Trinajstić information content (AvgIpc) is 3.36. The summed E-state index contributed by atoms with van der Waals surface area (Å²) in [6.07, 6.45) is 1.96. The molecule has 4 nitrogen and oxygen atoms in total. The fourth-order valence-corrected chi connectivity index (χ4v) is 5.47. The summed E-state index contributed by atoms with van der Waals surface area (Å²) >= 11 is 0. The lowest BCUT2D eigenvalue weighted by atomic mass is 9.98. The van der Waals surface area contributed by atoms with Crippen LogP contribution in [-0.4, -0.2) is 17.4 Å². The third kappa shape index (κ3) is 3.57. The van der Waals surface area contributed by atoms with Crippen molar-refractivity contribution < 1.29 is 4.79 Å². The van der Waals surface area contributed by atoms with E-state index < -0.39 is 0 Å². The zero-order valence-electron chi connectivity index (χ0n) is 20.7. The molecule has 1 atom stereocenters. The van der Waals surface area contributed by atoms with Gasteiger partial charge in [0.1, 0.15) is 0 Å². The monoisotopic (exact) mass is 471 g/mol. The molecular formula is C32H29N3O. The second kappa shape index (κ2) is 8.72. The Hall–Kier alpha value is -4.31. The van der Waals surface area contributed by atoms with E-state index >= 15 is 0 Å². The van der Waals surface area contributed by atoms with E-state index in [4.69, 9.17) is 0 Å². The molecule has 0 radical (unpaired) electrons. The second-order valence-corrected chi connectivity index (χ2v) is 9.70. The van der Waals surface area contributed by atoms with Crippen LogP contribution in [0.2, 0.25) is 0 Å². The summed E-state index contributed by atoms with van der Waals surface area (Å²) < 4.78 is 0. The highest BCUT2D eigenvalue weighted by Crippen LogP contribution is 2.40. The Balaban J connectivity index is 1.47. The lowest BCUT2D eigenvalue weighted by Gasteiger charge is -2.29. The zero-order chi connectivity index (χ0) is 24.8. The summed E-state index contributed by atoms with van der Waals surface area (Å²) in [4.78, 5) is 21.4. The summed E-state index contributed by atoms with van der Waals surface area (Å²) in [6, 6.07) is 29.3. The molecule has 5 aromatic rings. The summed E-state index contributed by atoms with van der Waals surface area (Å²) in [7, 11) is 0. The molecule has 1 aliphatic heterocycles. The number of amides is 1. The van der Waals surface area contributed by atoms with Crippen molar-refractivity contribution in [1.82, 2.24) is 4.98 Å². The minimum atomic E-state index is -0.199. The van der Waals surface area contributed by atoms with E-state index in [1.165, 1.54) is 21.9 Å². The Bertz CT molecular complexity index is 1630. The number of aryl methyl sites for hydroxylation is 1. The molecule has 36 heavy (non-hydrogen) atoms. The number of anilines is 2. The van der Waals surface area contributed by atoms with Crippen molar-refractivity contribution in [1.29, 1.82) is 0 Å². The van der Waals surface area contributed by atoms with Gasteiger partial charge in [-0.2, -0.15) is 0 Å². The molecule has 0 saturated carbocycles. The number of benzene rings is 4. The molecule has 0 bridgehead atoms. The van der Waals surface area contributed by atoms with Crippen molar-refractivity contribution in [2.24, 2.45) is 5.92 Å². The molecule has 0 fully saturated rings. The van der Waals surface area contributed by atoms with Crippen molar-refractivity contribution in [3.63, 3.8) is 0 Å². The summed E-state index contributed by atoms with van der Waals surface area (Å²) in [5.74, 6) is -0.0696. The molecule has 1 amide bonds. The Morgan fingerprint density at radius 3 is 2.56 bits per heavy atom. The Morgan fingerprint density at radius 2 is 1.69 bits per heavy atom. The molecule has 0 unspecified atom stereocenters. The third-order valence-electron chi connectivity index (χ3n) is 7.43. The normalized spacial score (nSPS) is 15.8. The molecule has 0 aliphatic carbocycles. The quantitative estimate of drug-likeness (QED) is 0.299. The highest BCUT2D eigenvalue weighted by molar-refractivity contribution is 6.04. The van der Waals surface area contributed by atoms with Crippen molar-refractivity contribution in [2.75, 3.05) is 16.3 Å². The standard InChI is InChI=1S/C32H29N3O/c1-21-15-16-24-9-4-5-10-26(24)28(21)20-35-31-14-7-6-13-30(31)34(19-22(2)32(35)36)23(3)25-11-8-12-29-27(25)17-18-33-29/h4-18,22,33H,3,19-20H2,1-2H3/t22-/m0/s1. The number of carbonyl (C=O) groups excluding carboxylic acids is 1. The van der Waals surface area contributed by atoms with Gasteiger partial charge in [0.15, 0.2) is 0 Å². The van der Waals surface area contributed by atoms with Gasteiger partial charge in [0, 0.05) is 34.9 Å². The van der Waals surface area contributed by atoms with Crippen LogP contribution in [0.3, 0.4) is 0 Å². The first kappa shape index (κ1) is 22.2. The number of para-hydroxylation sites is 2. The predicted molar refractivity (Wildman–Crippen MR) is 150 cm³/mol. The molecule has 1 N–H and O–H groups in total. The van der Waals surface area contributed by atoms with Gasteiger partial charge in [0.05, 0.1) is 23.8 Å². The van der Waals surface area contributed by atoms with Crippen LogP contribution in [0, 0.1) is 12.8 Å². The number of aromatic amines is 1. The van der Waals surface area contributed by atoms with Crippen molar-refractivity contribution >= 4 is 44.7 Å². The van der Waals surface area contributed by atoms with Crippen LogP contribution in [0.4, 0.5) is 11.4 Å². The first-order valence-corrected chi connectivity index (χ1v) is 12.4. The van der Waals surface area contributed by atoms with Gasteiger partial charge in [-0.25, -0.2) is 0 Å². The number of H-pyrrole nitrogens is 1. The first-order chi connectivity index (χ1) is 17.5. The van der Waals surface area contributed by atoms with Gasteiger partial charge in [-0.05, 0) is 53.1 Å². The maximum Gasteiger partial charge on any atom is 0.231 e. The topological polar surface area (TPSA) is 39.3 Å². The van der Waals surface area contributed by atoms with E-state index in [0.717, 1.165) is 33.5 Å². The maximum absolute atomic E-state index is 13.9. The van der Waals surface area contributed by atoms with Crippen LogP contribution in [0.25, 0.3) is 27.4 Å². The second-order valence-electron chi connectivity index (χ2n) is 9.70. The van der Waals surface area contributed by atoms with E-state index in [9.17, 15) is 4.79 Å². The summed E-state index contributed by atoms with van der Waals surface area (Å²) in [6.45, 7) is 9.78. The number of hydrogen-bond acceptors (Lipinski definition) is 2. The van der Waals surface area contributed by atoms with Gasteiger partial charge in [0.25, 0.3) is 0 Å². The first-order valence-electron chi connectivity index (χ1n) is 12.4. The van der Waals surface area contributed by atoms with Crippen LogP contribution in [0.1, 0.15) is 23.6 Å². The van der Waals surface area contributed by atoms with Crippen LogP contribution in [0.15, 0.2) is 97.7 Å². The molecule has 178 valence electrons. The van der Waals surface area contributed by atoms with Gasteiger partial charge >= 0.3 is 0 Å². The minimum Gasteiger partial charge on any atom is -0.361 e. The Labute approximate surface area is 211 Å². The SMILES string of the molecule is C=C(c1cccc2[nH]ccc12)N1C[C@H](C)C(=O)N(Cc2c(C)ccc3ccccc23)c2ccccc21. The minimum absolute atomic E-state index is 0.130. The number of rotatable bonds is 4. The lowest BCUT2D eigenvalue weighted by Crippen LogP contribution is -2.36. The van der Waals surface area contributed by atoms with Crippen LogP contribution >= 0.6 is 0 Å². The largest absolute Gasteiger partial charge is 0.361 e. The number of fused-ring (bicyclic) bond motifs is 3. The number of nitrogens with one attached hydrogen (secondary N) is 1. The van der Waals surface area contributed by atoms with Gasteiger partial charge < -0.3 is 14.8 Å². The molecule has 2 heterocycles. The number of aromatic nitrogens is 1.